The van der Waals surface area contributed by atoms with Gasteiger partial charge in [-0.05, 0) is 124 Å². The van der Waals surface area contributed by atoms with E-state index in [1.54, 1.807) is 0 Å². The van der Waals surface area contributed by atoms with E-state index in [1.165, 1.54) is 233 Å². The largest absolute Gasteiger partial charge is 0.252 e. The van der Waals surface area contributed by atoms with Crippen molar-refractivity contribution in [1.29, 1.82) is 0 Å². The summed E-state index contributed by atoms with van der Waals surface area (Å²) >= 11 is 0. The van der Waals surface area contributed by atoms with E-state index in [2.05, 4.69) is 77.9 Å². The van der Waals surface area contributed by atoms with Gasteiger partial charge in [0.05, 0.1) is 22.8 Å². The second kappa shape index (κ2) is 38.2. The van der Waals surface area contributed by atoms with Crippen LogP contribution in [0.5, 0.6) is 0 Å². The first-order chi connectivity index (χ1) is 28.1. The van der Waals surface area contributed by atoms with E-state index < -0.39 is 0 Å². The average molecular weight is 842 g/mol. The van der Waals surface area contributed by atoms with Crippen LogP contribution in [0.1, 0.15) is 263 Å². The van der Waals surface area contributed by atoms with E-state index in [4.69, 9.17) is 9.98 Å². The van der Waals surface area contributed by atoms with Crippen LogP contribution in [0.2, 0.25) is 0 Å². The molecule has 0 N–H and O–H groups in total. The fraction of sp³-hybridized carbons (Fsp3) is 0.745. The van der Waals surface area contributed by atoms with Crippen LogP contribution in [0.15, 0.2) is 46.4 Å². The van der Waals surface area contributed by atoms with Crippen molar-refractivity contribution in [2.45, 2.75) is 266 Å². The van der Waals surface area contributed by atoms with Crippen LogP contribution < -0.4 is 0 Å². The maximum absolute atomic E-state index is 5.59. The molecule has 0 aliphatic heterocycles. The Morgan fingerprint density at radius 1 is 0.310 bits per heavy atom. The molecule has 0 amide bonds. The molecule has 0 atom stereocenters. The second-order valence-corrected chi connectivity index (χ2v) is 17.7. The summed E-state index contributed by atoms with van der Waals surface area (Å²) in [6.45, 7) is 13.9. The summed E-state index contributed by atoms with van der Waals surface area (Å²) in [7, 11) is 0. The zero-order valence-corrected chi connectivity index (χ0v) is 40.4. The first-order valence-electron chi connectivity index (χ1n) is 25.5. The van der Waals surface area contributed by atoms with Crippen LogP contribution >= 0.6 is 0 Å². The minimum atomic E-state index is 0. The number of hydrogen-bond acceptors (Lipinski definition) is 2. The second-order valence-electron chi connectivity index (χ2n) is 17.7. The Kier molecular flexibility index (Phi) is 35.8. The molecule has 0 radical (unpaired) electrons. The monoisotopic (exact) mass is 841 g/mol. The molecular formula is C55H94N2Ni. The van der Waals surface area contributed by atoms with Crippen molar-refractivity contribution in [3.63, 3.8) is 0 Å². The molecule has 0 unspecified atom stereocenters. The standard InChI is InChI=1S/C55H94N2.Ni/c1-7-13-19-21-23-24-25-26-27-28-29-30-31-33-35-41-55(57-53-45-43-49(37-16-10-4)51(47-53)39-18-12-6)54(40-34-32-22-20-14-8-2)56-52-44-42-48(36-15-9-3)50(46-52)38-17-11-5;/h42-47H,7-41H2,1-6H3;/b56-54+,57-55+;. The third-order valence-corrected chi connectivity index (χ3v) is 12.2. The number of rotatable bonds is 38. The molecule has 0 aliphatic carbocycles. The molecule has 2 aromatic carbocycles. The molecule has 2 nitrogen and oxygen atoms in total. The average Bonchev–Trinajstić information content (AvgIpc) is 3.23. The van der Waals surface area contributed by atoms with Crippen LogP contribution in [-0.2, 0) is 42.2 Å². The SMILES string of the molecule is CCCCCCCCCCCCCCCCCC(=N\c1ccc(CCCC)c(CCCC)c1)/C(CCCCCCCC)=N/c1ccc(CCCC)c(CCCC)c1.[Ni]. The van der Waals surface area contributed by atoms with Gasteiger partial charge in [-0.25, -0.2) is 0 Å². The molecular weight excluding hydrogens is 747 g/mol. The van der Waals surface area contributed by atoms with Crippen LogP contribution in [0, 0.1) is 0 Å². The van der Waals surface area contributed by atoms with E-state index in [0.29, 0.717) is 0 Å². The van der Waals surface area contributed by atoms with E-state index in [9.17, 15) is 0 Å². The van der Waals surface area contributed by atoms with Gasteiger partial charge >= 0.3 is 0 Å². The Morgan fingerprint density at radius 3 is 0.862 bits per heavy atom. The molecule has 0 spiro atoms. The summed E-state index contributed by atoms with van der Waals surface area (Å²) in [6.07, 6.45) is 45.5. The normalized spacial score (nSPS) is 12.0. The maximum Gasteiger partial charge on any atom is 0.0636 e. The topological polar surface area (TPSA) is 24.7 Å². The first kappa shape index (κ1) is 54.3. The Hall–Kier alpha value is -1.73. The molecule has 58 heavy (non-hydrogen) atoms. The van der Waals surface area contributed by atoms with Crippen molar-refractivity contribution in [1.82, 2.24) is 0 Å². The maximum atomic E-state index is 5.59. The quantitative estimate of drug-likeness (QED) is 0.0366. The van der Waals surface area contributed by atoms with Gasteiger partial charge in [0, 0.05) is 16.5 Å². The van der Waals surface area contributed by atoms with Gasteiger partial charge in [-0.2, -0.15) is 0 Å². The van der Waals surface area contributed by atoms with Gasteiger partial charge in [-0.1, -0.05) is 201 Å². The predicted molar refractivity (Wildman–Crippen MR) is 259 cm³/mol. The van der Waals surface area contributed by atoms with E-state index in [0.717, 1.165) is 37.1 Å². The van der Waals surface area contributed by atoms with Crippen molar-refractivity contribution < 1.29 is 16.5 Å². The molecule has 0 heterocycles. The number of aryl methyl sites for hydroxylation is 4. The van der Waals surface area contributed by atoms with Crippen molar-refractivity contribution in [3.8, 4) is 0 Å². The van der Waals surface area contributed by atoms with Gasteiger partial charge in [0.15, 0.2) is 0 Å². The summed E-state index contributed by atoms with van der Waals surface area (Å²) in [6, 6.07) is 14.3. The summed E-state index contributed by atoms with van der Waals surface area (Å²) in [5, 5.41) is 0. The minimum absolute atomic E-state index is 0. The zero-order chi connectivity index (χ0) is 41.0. The molecule has 2 aromatic rings. The Morgan fingerprint density at radius 2 is 0.569 bits per heavy atom. The number of unbranched alkanes of at least 4 members (excludes halogenated alkanes) is 23. The Balaban J connectivity index is 0.0000168. The van der Waals surface area contributed by atoms with Crippen LogP contribution in [-0.4, -0.2) is 11.4 Å². The molecule has 0 fully saturated rings. The molecule has 0 aromatic heterocycles. The first-order valence-corrected chi connectivity index (χ1v) is 25.5. The smallest absolute Gasteiger partial charge is 0.0636 e. The van der Waals surface area contributed by atoms with E-state index in [1.807, 2.05) is 0 Å². The summed E-state index contributed by atoms with van der Waals surface area (Å²) in [5.74, 6) is 0. The van der Waals surface area contributed by atoms with Crippen LogP contribution in [0.3, 0.4) is 0 Å². The number of aliphatic imine (C=N–C) groups is 2. The third-order valence-electron chi connectivity index (χ3n) is 12.2. The fourth-order valence-electron chi connectivity index (χ4n) is 8.36. The van der Waals surface area contributed by atoms with Crippen molar-refractivity contribution >= 4 is 22.8 Å². The Bertz CT molecular complexity index is 1310. The predicted octanol–water partition coefficient (Wildman–Crippen LogP) is 18.9. The molecule has 0 bridgehead atoms. The molecule has 0 aliphatic rings. The molecule has 2 rings (SSSR count). The molecule has 0 saturated heterocycles. The molecule has 3 heteroatoms. The van der Waals surface area contributed by atoms with Gasteiger partial charge in [0.1, 0.15) is 0 Å². The van der Waals surface area contributed by atoms with Gasteiger partial charge in [0.2, 0.25) is 0 Å². The van der Waals surface area contributed by atoms with Gasteiger partial charge in [-0.3, -0.25) is 9.98 Å². The molecule has 0 saturated carbocycles. The van der Waals surface area contributed by atoms with Crippen molar-refractivity contribution in [2.75, 3.05) is 0 Å². The van der Waals surface area contributed by atoms with Crippen molar-refractivity contribution in [3.05, 3.63) is 58.7 Å². The van der Waals surface area contributed by atoms with Gasteiger partial charge in [0.25, 0.3) is 0 Å². The fourth-order valence-corrected chi connectivity index (χ4v) is 8.36. The third kappa shape index (κ3) is 25.8. The Labute approximate surface area is 372 Å². The van der Waals surface area contributed by atoms with E-state index >= 15 is 0 Å². The number of benzene rings is 2. The minimum Gasteiger partial charge on any atom is -0.252 e. The summed E-state index contributed by atoms with van der Waals surface area (Å²) in [5.41, 5.74) is 10.9. The van der Waals surface area contributed by atoms with E-state index in [-0.39, 0.29) is 16.5 Å². The van der Waals surface area contributed by atoms with Crippen LogP contribution in [0.4, 0.5) is 11.4 Å². The van der Waals surface area contributed by atoms with Gasteiger partial charge in [-0.15, -0.1) is 0 Å². The zero-order valence-electron chi connectivity index (χ0n) is 39.4. The molecule has 334 valence electrons. The number of hydrogen-bond donors (Lipinski definition) is 0. The summed E-state index contributed by atoms with van der Waals surface area (Å²) < 4.78 is 0. The number of nitrogens with zero attached hydrogens (tertiary/aromatic N) is 2. The summed E-state index contributed by atoms with van der Waals surface area (Å²) in [4.78, 5) is 11.2. The van der Waals surface area contributed by atoms with Crippen LogP contribution in [0.25, 0.3) is 0 Å². The van der Waals surface area contributed by atoms with Gasteiger partial charge < -0.3 is 0 Å². The van der Waals surface area contributed by atoms with Crippen molar-refractivity contribution in [2.24, 2.45) is 9.98 Å².